The Kier molecular flexibility index (Phi) is 13.3. The lowest BCUT2D eigenvalue weighted by molar-refractivity contribution is 1.15. The lowest BCUT2D eigenvalue weighted by Gasteiger charge is -1.87. The minimum Gasteiger partial charge on any atom is -0.0775 e. The number of rotatable bonds is 0. The third kappa shape index (κ3) is 10.1. The molecule has 0 aromatic rings. The van der Waals surface area contributed by atoms with Gasteiger partial charge in [-0.15, -0.1) is 0 Å². The maximum Gasteiger partial charge on any atom is -0.0108 e. The van der Waals surface area contributed by atoms with Crippen molar-refractivity contribution in [3.05, 3.63) is 46.6 Å². The van der Waals surface area contributed by atoms with Crippen molar-refractivity contribution in [1.82, 2.24) is 0 Å². The van der Waals surface area contributed by atoms with Gasteiger partial charge in [-0.2, -0.15) is 0 Å². The largest absolute Gasteiger partial charge is 0.0775 e. The zero-order valence-electron chi connectivity index (χ0n) is 13.7. The second-order valence-electron chi connectivity index (χ2n) is 4.35. The Labute approximate surface area is 115 Å². The van der Waals surface area contributed by atoms with Crippen molar-refractivity contribution in [3.8, 4) is 0 Å². The summed E-state index contributed by atoms with van der Waals surface area (Å²) in [4.78, 5) is 0. The van der Waals surface area contributed by atoms with E-state index in [1.165, 1.54) is 35.1 Å². The van der Waals surface area contributed by atoms with Gasteiger partial charge in [0.05, 0.1) is 0 Å². The van der Waals surface area contributed by atoms with Crippen molar-refractivity contribution < 1.29 is 0 Å². The van der Waals surface area contributed by atoms with E-state index in [4.69, 9.17) is 0 Å². The zero-order valence-corrected chi connectivity index (χ0v) is 13.7. The summed E-state index contributed by atoms with van der Waals surface area (Å²) in [5.74, 6) is 0. The van der Waals surface area contributed by atoms with Crippen LogP contribution in [0, 0.1) is 0 Å². The molecule has 0 radical (unpaired) electrons. The highest BCUT2D eigenvalue weighted by atomic mass is 14.0. The second-order valence-corrected chi connectivity index (χ2v) is 4.35. The van der Waals surface area contributed by atoms with Crippen LogP contribution in [0.2, 0.25) is 0 Å². The summed E-state index contributed by atoms with van der Waals surface area (Å²) < 4.78 is 0. The first-order valence-electron chi connectivity index (χ1n) is 7.25. The van der Waals surface area contributed by atoms with Gasteiger partial charge in [0.1, 0.15) is 0 Å². The van der Waals surface area contributed by atoms with Crippen LogP contribution in [0.5, 0.6) is 0 Å². The number of hydrogen-bond donors (Lipinski definition) is 0. The normalized spacial score (nSPS) is 15.6. The third-order valence-corrected chi connectivity index (χ3v) is 2.43. The number of allylic oxidation sites excluding steroid dienone is 8. The van der Waals surface area contributed by atoms with Gasteiger partial charge in [0.25, 0.3) is 0 Å². The molecule has 0 saturated carbocycles. The highest BCUT2D eigenvalue weighted by Gasteiger charge is 1.95. The predicted molar refractivity (Wildman–Crippen MR) is 87.0 cm³/mol. The quantitative estimate of drug-likeness (QED) is 0.452. The fourth-order valence-electron chi connectivity index (χ4n) is 1.67. The standard InChI is InChI=1S/2C7H10.2C2H6/c2*1-6-3-4-7(2)5-6;2*1-2/h3,5H,4H2,1-2H3;3-4H,5H2,1-2H3;2*1-2H3. The van der Waals surface area contributed by atoms with E-state index in [0.717, 1.165) is 0 Å². The minimum atomic E-state index is 1.17. The van der Waals surface area contributed by atoms with Gasteiger partial charge in [-0.25, -0.2) is 0 Å². The first kappa shape index (κ1) is 19.3. The Bertz CT molecular complexity index is 306. The Morgan fingerprint density at radius 2 is 1.17 bits per heavy atom. The third-order valence-electron chi connectivity index (χ3n) is 2.43. The Morgan fingerprint density at radius 3 is 1.28 bits per heavy atom. The van der Waals surface area contributed by atoms with Crippen molar-refractivity contribution >= 4 is 0 Å². The highest BCUT2D eigenvalue weighted by molar-refractivity contribution is 5.29. The lowest BCUT2D eigenvalue weighted by atomic mass is 10.2. The Hall–Kier alpha value is -1.04. The van der Waals surface area contributed by atoms with Crippen LogP contribution in [0.15, 0.2) is 46.6 Å². The molecule has 0 saturated heterocycles. The van der Waals surface area contributed by atoms with Crippen molar-refractivity contribution in [1.29, 1.82) is 0 Å². The van der Waals surface area contributed by atoms with Gasteiger partial charge in [-0.1, -0.05) is 74.3 Å². The Balaban J connectivity index is 0. The maximum absolute atomic E-state index is 2.25. The summed E-state index contributed by atoms with van der Waals surface area (Å²) in [6.45, 7) is 16.6. The monoisotopic (exact) mass is 248 g/mol. The molecule has 2 aliphatic carbocycles. The smallest absolute Gasteiger partial charge is 0.0108 e. The van der Waals surface area contributed by atoms with Gasteiger partial charge in [0, 0.05) is 0 Å². The number of hydrogen-bond acceptors (Lipinski definition) is 0. The van der Waals surface area contributed by atoms with Crippen LogP contribution in [-0.4, -0.2) is 0 Å². The zero-order chi connectivity index (χ0) is 14.6. The van der Waals surface area contributed by atoms with Crippen molar-refractivity contribution in [3.63, 3.8) is 0 Å². The fraction of sp³-hybridized carbons (Fsp3) is 0.556. The molecule has 2 rings (SSSR count). The van der Waals surface area contributed by atoms with E-state index in [0.29, 0.717) is 0 Å². The molecule has 0 spiro atoms. The average molecular weight is 248 g/mol. The molecule has 0 heterocycles. The molecule has 0 aromatic carbocycles. The summed E-state index contributed by atoms with van der Waals surface area (Å²) in [5.41, 5.74) is 5.87. The van der Waals surface area contributed by atoms with Crippen LogP contribution in [0.25, 0.3) is 0 Å². The summed E-state index contributed by atoms with van der Waals surface area (Å²) in [6, 6.07) is 0. The van der Waals surface area contributed by atoms with Crippen LogP contribution in [0.4, 0.5) is 0 Å². The van der Waals surface area contributed by atoms with Gasteiger partial charge in [-0.05, 0) is 40.5 Å². The molecule has 0 fully saturated rings. The molecule has 0 unspecified atom stereocenters. The first-order valence-corrected chi connectivity index (χ1v) is 7.25. The summed E-state index contributed by atoms with van der Waals surface area (Å²) in [6.07, 6.45) is 11.2. The van der Waals surface area contributed by atoms with Crippen LogP contribution in [0.1, 0.15) is 68.2 Å². The molecular formula is C18H32. The van der Waals surface area contributed by atoms with Gasteiger partial charge in [-0.3, -0.25) is 0 Å². The van der Waals surface area contributed by atoms with Crippen LogP contribution < -0.4 is 0 Å². The van der Waals surface area contributed by atoms with Crippen molar-refractivity contribution in [2.24, 2.45) is 0 Å². The van der Waals surface area contributed by atoms with E-state index in [-0.39, 0.29) is 0 Å². The van der Waals surface area contributed by atoms with Gasteiger partial charge in [0.2, 0.25) is 0 Å². The molecule has 0 N–H and O–H groups in total. The van der Waals surface area contributed by atoms with E-state index < -0.39 is 0 Å². The lowest BCUT2D eigenvalue weighted by Crippen LogP contribution is -1.67. The minimum absolute atomic E-state index is 1.17. The Morgan fingerprint density at radius 1 is 0.722 bits per heavy atom. The topological polar surface area (TPSA) is 0 Å². The highest BCUT2D eigenvalue weighted by Crippen LogP contribution is 2.16. The average Bonchev–Trinajstić information content (AvgIpc) is 2.93. The molecule has 0 amide bonds. The van der Waals surface area contributed by atoms with Gasteiger partial charge >= 0.3 is 0 Å². The first-order chi connectivity index (χ1) is 8.58. The van der Waals surface area contributed by atoms with Crippen LogP contribution in [-0.2, 0) is 0 Å². The van der Waals surface area contributed by atoms with E-state index in [1.54, 1.807) is 0 Å². The predicted octanol–water partition coefficient (Wildman–Crippen LogP) is 6.62. The van der Waals surface area contributed by atoms with Crippen LogP contribution in [0.3, 0.4) is 0 Å². The molecule has 0 nitrogen and oxygen atoms in total. The molecule has 0 aliphatic heterocycles. The molecule has 0 bridgehead atoms. The summed E-state index contributed by atoms with van der Waals surface area (Å²) in [7, 11) is 0. The molecule has 0 atom stereocenters. The van der Waals surface area contributed by atoms with Crippen molar-refractivity contribution in [2.45, 2.75) is 68.2 Å². The van der Waals surface area contributed by atoms with E-state index in [2.05, 4.69) is 52.0 Å². The molecule has 2 aliphatic rings. The maximum atomic E-state index is 2.25. The van der Waals surface area contributed by atoms with E-state index in [9.17, 15) is 0 Å². The van der Waals surface area contributed by atoms with Gasteiger partial charge < -0.3 is 0 Å². The molecule has 0 aromatic heterocycles. The summed E-state index contributed by atoms with van der Waals surface area (Å²) >= 11 is 0. The van der Waals surface area contributed by atoms with E-state index >= 15 is 0 Å². The fourth-order valence-corrected chi connectivity index (χ4v) is 1.67. The molecule has 18 heavy (non-hydrogen) atoms. The van der Waals surface area contributed by atoms with Crippen LogP contribution >= 0.6 is 0 Å². The second kappa shape index (κ2) is 12.4. The summed E-state index contributed by atoms with van der Waals surface area (Å²) in [5, 5.41) is 0. The molecule has 104 valence electrons. The molecular weight excluding hydrogens is 216 g/mol. The van der Waals surface area contributed by atoms with Gasteiger partial charge in [0.15, 0.2) is 0 Å². The molecule has 0 heteroatoms. The van der Waals surface area contributed by atoms with Crippen molar-refractivity contribution in [2.75, 3.05) is 0 Å². The SMILES string of the molecule is CC.CC.CC1=CC=C(C)C1.CC1=CCC(C)=C1. The van der Waals surface area contributed by atoms with E-state index in [1.807, 2.05) is 27.7 Å².